The molecule has 17 heavy (non-hydrogen) atoms. The van der Waals surface area contributed by atoms with Gasteiger partial charge in [-0.3, -0.25) is 0 Å². The van der Waals surface area contributed by atoms with Crippen LogP contribution in [-0.4, -0.2) is 48.1 Å². The Morgan fingerprint density at radius 1 is 1.29 bits per heavy atom. The molecule has 94 valence electrons. The van der Waals surface area contributed by atoms with Gasteiger partial charge < -0.3 is 15.5 Å². The van der Waals surface area contributed by atoms with Crippen LogP contribution in [0.1, 0.15) is 18.4 Å². The SMILES string of the molecule is Cc1c(N)ncnc1N1CCC(N(C)C)CC1. The fraction of sp³-hybridized carbons (Fsp3) is 0.667. The number of nitrogens with zero attached hydrogens (tertiary/aromatic N) is 4. The molecular formula is C12H21N5. The van der Waals surface area contributed by atoms with E-state index in [0.717, 1.165) is 24.5 Å². The Morgan fingerprint density at radius 3 is 2.53 bits per heavy atom. The molecule has 0 amide bonds. The highest BCUT2D eigenvalue weighted by molar-refractivity contribution is 5.55. The average molecular weight is 235 g/mol. The molecule has 0 atom stereocenters. The molecule has 0 unspecified atom stereocenters. The normalized spacial score (nSPS) is 17.8. The number of aromatic nitrogens is 2. The van der Waals surface area contributed by atoms with E-state index in [1.165, 1.54) is 12.8 Å². The van der Waals surface area contributed by atoms with E-state index in [2.05, 4.69) is 33.9 Å². The molecule has 2 heterocycles. The van der Waals surface area contributed by atoms with Crippen LogP contribution in [0.25, 0.3) is 0 Å². The van der Waals surface area contributed by atoms with Crippen molar-refractivity contribution < 1.29 is 0 Å². The summed E-state index contributed by atoms with van der Waals surface area (Å²) in [5.41, 5.74) is 6.81. The number of hydrogen-bond acceptors (Lipinski definition) is 5. The Labute approximate surface area is 103 Å². The molecule has 2 rings (SSSR count). The predicted octanol–water partition coefficient (Wildman–Crippen LogP) is 0.898. The third-order valence-electron chi connectivity index (χ3n) is 3.59. The number of hydrogen-bond donors (Lipinski definition) is 1. The summed E-state index contributed by atoms with van der Waals surface area (Å²) < 4.78 is 0. The van der Waals surface area contributed by atoms with E-state index < -0.39 is 0 Å². The predicted molar refractivity (Wildman–Crippen MR) is 70.1 cm³/mol. The van der Waals surface area contributed by atoms with Crippen molar-refractivity contribution in [3.8, 4) is 0 Å². The molecule has 1 saturated heterocycles. The van der Waals surface area contributed by atoms with Gasteiger partial charge in [0.2, 0.25) is 0 Å². The highest BCUT2D eigenvalue weighted by Crippen LogP contribution is 2.24. The maximum absolute atomic E-state index is 5.82. The molecule has 1 fully saturated rings. The molecule has 2 N–H and O–H groups in total. The minimum absolute atomic E-state index is 0.588. The summed E-state index contributed by atoms with van der Waals surface area (Å²) in [6.07, 6.45) is 3.91. The largest absolute Gasteiger partial charge is 0.383 e. The Kier molecular flexibility index (Phi) is 3.47. The maximum Gasteiger partial charge on any atom is 0.137 e. The molecule has 0 radical (unpaired) electrons. The average Bonchev–Trinajstić information content (AvgIpc) is 2.33. The topological polar surface area (TPSA) is 58.3 Å². The Hall–Kier alpha value is -1.36. The lowest BCUT2D eigenvalue weighted by Gasteiger charge is -2.36. The number of rotatable bonds is 2. The number of nitrogen functional groups attached to an aromatic ring is 1. The fourth-order valence-corrected chi connectivity index (χ4v) is 2.37. The van der Waals surface area contributed by atoms with E-state index in [-0.39, 0.29) is 0 Å². The second kappa shape index (κ2) is 4.87. The zero-order valence-corrected chi connectivity index (χ0v) is 10.8. The van der Waals surface area contributed by atoms with Crippen LogP contribution in [0.4, 0.5) is 11.6 Å². The first-order valence-electron chi connectivity index (χ1n) is 6.08. The second-order valence-corrected chi connectivity index (χ2v) is 4.89. The van der Waals surface area contributed by atoms with E-state index >= 15 is 0 Å². The first-order valence-corrected chi connectivity index (χ1v) is 6.08. The molecule has 5 nitrogen and oxygen atoms in total. The van der Waals surface area contributed by atoms with Crippen molar-refractivity contribution in [2.45, 2.75) is 25.8 Å². The Morgan fingerprint density at radius 2 is 1.94 bits per heavy atom. The third-order valence-corrected chi connectivity index (χ3v) is 3.59. The summed E-state index contributed by atoms with van der Waals surface area (Å²) >= 11 is 0. The van der Waals surface area contributed by atoms with Gasteiger partial charge in [-0.1, -0.05) is 0 Å². The van der Waals surface area contributed by atoms with E-state index in [1.807, 2.05) is 6.92 Å². The number of nitrogens with two attached hydrogens (primary N) is 1. The summed E-state index contributed by atoms with van der Waals surface area (Å²) in [4.78, 5) is 13.0. The number of piperidine rings is 1. The zero-order chi connectivity index (χ0) is 12.4. The van der Waals surface area contributed by atoms with Crippen molar-refractivity contribution in [3.05, 3.63) is 11.9 Å². The molecule has 1 aromatic rings. The smallest absolute Gasteiger partial charge is 0.137 e. The van der Waals surface area contributed by atoms with Crippen molar-refractivity contribution in [2.24, 2.45) is 0 Å². The molecule has 1 aliphatic rings. The van der Waals surface area contributed by atoms with Crippen LogP contribution < -0.4 is 10.6 Å². The van der Waals surface area contributed by atoms with Gasteiger partial charge in [0, 0.05) is 24.7 Å². The number of anilines is 2. The maximum atomic E-state index is 5.82. The van der Waals surface area contributed by atoms with Crippen LogP contribution >= 0.6 is 0 Å². The molecule has 0 aliphatic carbocycles. The lowest BCUT2D eigenvalue weighted by molar-refractivity contribution is 0.249. The van der Waals surface area contributed by atoms with E-state index in [0.29, 0.717) is 11.9 Å². The first kappa shape index (κ1) is 12.1. The standard InChI is InChI=1S/C12H21N5/c1-9-11(13)14-8-15-12(9)17-6-4-10(5-7-17)16(2)3/h8,10H,4-7H2,1-3H3,(H2,13,14,15). The molecule has 1 aromatic heterocycles. The van der Waals surface area contributed by atoms with E-state index in [1.54, 1.807) is 6.33 Å². The molecule has 0 bridgehead atoms. The molecular weight excluding hydrogens is 214 g/mol. The molecule has 0 spiro atoms. The lowest BCUT2D eigenvalue weighted by atomic mass is 10.0. The van der Waals surface area contributed by atoms with Gasteiger partial charge in [0.1, 0.15) is 18.0 Å². The van der Waals surface area contributed by atoms with Gasteiger partial charge in [0.25, 0.3) is 0 Å². The summed E-state index contributed by atoms with van der Waals surface area (Å²) in [6, 6.07) is 0.686. The minimum Gasteiger partial charge on any atom is -0.383 e. The summed E-state index contributed by atoms with van der Waals surface area (Å²) in [5.74, 6) is 1.58. The van der Waals surface area contributed by atoms with Crippen LogP contribution in [0.2, 0.25) is 0 Å². The van der Waals surface area contributed by atoms with Crippen LogP contribution in [0.15, 0.2) is 6.33 Å². The Bertz CT molecular complexity index is 382. The van der Waals surface area contributed by atoms with Gasteiger partial charge >= 0.3 is 0 Å². The van der Waals surface area contributed by atoms with Gasteiger partial charge in [-0.25, -0.2) is 9.97 Å². The van der Waals surface area contributed by atoms with Crippen molar-refractivity contribution in [1.82, 2.24) is 14.9 Å². The second-order valence-electron chi connectivity index (χ2n) is 4.89. The quantitative estimate of drug-likeness (QED) is 0.825. The van der Waals surface area contributed by atoms with E-state index in [9.17, 15) is 0 Å². The van der Waals surface area contributed by atoms with Gasteiger partial charge in [-0.15, -0.1) is 0 Å². The highest BCUT2D eigenvalue weighted by Gasteiger charge is 2.22. The van der Waals surface area contributed by atoms with Gasteiger partial charge in [0.05, 0.1) is 0 Å². The van der Waals surface area contributed by atoms with Crippen LogP contribution in [0.3, 0.4) is 0 Å². The van der Waals surface area contributed by atoms with Crippen LogP contribution in [0.5, 0.6) is 0 Å². The van der Waals surface area contributed by atoms with Crippen molar-refractivity contribution in [3.63, 3.8) is 0 Å². The summed E-state index contributed by atoms with van der Waals surface area (Å²) in [7, 11) is 4.29. The van der Waals surface area contributed by atoms with Crippen LogP contribution in [0, 0.1) is 6.92 Å². The summed E-state index contributed by atoms with van der Waals surface area (Å²) in [5, 5.41) is 0. The summed E-state index contributed by atoms with van der Waals surface area (Å²) in [6.45, 7) is 4.07. The molecule has 0 saturated carbocycles. The zero-order valence-electron chi connectivity index (χ0n) is 10.8. The molecule has 5 heteroatoms. The van der Waals surface area contributed by atoms with Crippen LogP contribution in [-0.2, 0) is 0 Å². The monoisotopic (exact) mass is 235 g/mol. The fourth-order valence-electron chi connectivity index (χ4n) is 2.37. The van der Waals surface area contributed by atoms with E-state index in [4.69, 9.17) is 5.73 Å². The van der Waals surface area contributed by atoms with Crippen molar-refractivity contribution in [1.29, 1.82) is 0 Å². The molecule has 1 aliphatic heterocycles. The van der Waals surface area contributed by atoms with Gasteiger partial charge in [-0.2, -0.15) is 0 Å². The van der Waals surface area contributed by atoms with Gasteiger partial charge in [-0.05, 0) is 33.9 Å². The highest BCUT2D eigenvalue weighted by atomic mass is 15.2. The lowest BCUT2D eigenvalue weighted by Crippen LogP contribution is -2.42. The third kappa shape index (κ3) is 2.49. The minimum atomic E-state index is 0.588. The molecule has 0 aromatic carbocycles. The Balaban J connectivity index is 2.08. The first-order chi connectivity index (χ1) is 8.09. The van der Waals surface area contributed by atoms with Crippen molar-refractivity contribution in [2.75, 3.05) is 37.8 Å². The van der Waals surface area contributed by atoms with Gasteiger partial charge in [0.15, 0.2) is 0 Å². The van der Waals surface area contributed by atoms with Crippen molar-refractivity contribution >= 4 is 11.6 Å².